The van der Waals surface area contributed by atoms with Crippen LogP contribution in [0.1, 0.15) is 16.8 Å². The lowest BCUT2D eigenvalue weighted by atomic mass is 10.1. The van der Waals surface area contributed by atoms with Crippen molar-refractivity contribution in [2.75, 3.05) is 6.54 Å². The van der Waals surface area contributed by atoms with Crippen LogP contribution in [0, 0.1) is 6.92 Å². The molecule has 2 N–H and O–H groups in total. The second-order valence-corrected chi connectivity index (χ2v) is 7.03. The molecule has 4 aromatic rings. The van der Waals surface area contributed by atoms with E-state index in [1.54, 1.807) is 6.92 Å². The first-order chi connectivity index (χ1) is 14.1. The molecule has 2 aromatic heterocycles. The van der Waals surface area contributed by atoms with Gasteiger partial charge in [-0.05, 0) is 36.1 Å². The fourth-order valence-corrected chi connectivity index (χ4v) is 3.22. The number of carbonyl (C=O) groups is 1. The van der Waals surface area contributed by atoms with E-state index in [0.29, 0.717) is 18.5 Å². The van der Waals surface area contributed by atoms with Gasteiger partial charge in [0.2, 0.25) is 5.91 Å². The summed E-state index contributed by atoms with van der Waals surface area (Å²) in [4.78, 5) is 26.8. The van der Waals surface area contributed by atoms with Crippen LogP contribution in [0.25, 0.3) is 22.2 Å². The number of H-pyrrole nitrogens is 1. The van der Waals surface area contributed by atoms with Gasteiger partial charge in [0.15, 0.2) is 5.76 Å². The summed E-state index contributed by atoms with van der Waals surface area (Å²) in [6.07, 6.45) is 0.877. The number of rotatable bonds is 6. The van der Waals surface area contributed by atoms with Crippen LogP contribution in [0.5, 0.6) is 0 Å². The molecule has 0 saturated heterocycles. The van der Waals surface area contributed by atoms with Crippen LogP contribution in [0.2, 0.25) is 0 Å². The molecule has 0 aliphatic heterocycles. The fourth-order valence-electron chi connectivity index (χ4n) is 3.22. The molecule has 29 heavy (non-hydrogen) atoms. The van der Waals surface area contributed by atoms with Gasteiger partial charge in [-0.1, -0.05) is 41.6 Å². The maximum absolute atomic E-state index is 12.3. The summed E-state index contributed by atoms with van der Waals surface area (Å²) in [5, 5.41) is 7.91. The Kier molecular flexibility index (Phi) is 5.24. The second kappa shape index (κ2) is 8.14. The molecule has 2 heterocycles. The molecule has 6 nitrogen and oxygen atoms in total. The molecular formula is C23H21N3O3. The molecule has 0 saturated carbocycles. The number of aromatic amines is 1. The van der Waals surface area contributed by atoms with Crippen molar-refractivity contribution in [3.05, 3.63) is 87.8 Å². The van der Waals surface area contributed by atoms with Crippen LogP contribution in [0.15, 0.2) is 70.0 Å². The van der Waals surface area contributed by atoms with E-state index in [-0.39, 0.29) is 17.9 Å². The molecule has 0 radical (unpaired) electrons. The molecule has 0 fully saturated rings. The molecule has 0 unspecified atom stereocenters. The zero-order valence-electron chi connectivity index (χ0n) is 16.1. The quantitative estimate of drug-likeness (QED) is 0.531. The van der Waals surface area contributed by atoms with Crippen LogP contribution in [-0.4, -0.2) is 22.6 Å². The summed E-state index contributed by atoms with van der Waals surface area (Å²) in [5.41, 5.74) is 4.00. The molecule has 0 atom stereocenters. The first-order valence-electron chi connectivity index (χ1n) is 9.49. The lowest BCUT2D eigenvalue weighted by Crippen LogP contribution is -2.27. The van der Waals surface area contributed by atoms with Gasteiger partial charge in [-0.25, -0.2) is 0 Å². The minimum absolute atomic E-state index is 0.0581. The largest absolute Gasteiger partial charge is 0.356 e. The number of fused-ring (bicyclic) bond motifs is 1. The number of nitrogens with zero attached hydrogens (tertiary/aromatic N) is 1. The normalized spacial score (nSPS) is 10.9. The van der Waals surface area contributed by atoms with Gasteiger partial charge in [-0.15, -0.1) is 0 Å². The smallest absolute Gasteiger partial charge is 0.251 e. The molecule has 2 aromatic carbocycles. The van der Waals surface area contributed by atoms with Crippen molar-refractivity contribution < 1.29 is 9.32 Å². The third-order valence-electron chi connectivity index (χ3n) is 4.78. The van der Waals surface area contributed by atoms with E-state index in [0.717, 1.165) is 33.5 Å². The van der Waals surface area contributed by atoms with Crippen molar-refractivity contribution in [3.63, 3.8) is 0 Å². The summed E-state index contributed by atoms with van der Waals surface area (Å²) in [6.45, 7) is 2.25. The summed E-state index contributed by atoms with van der Waals surface area (Å²) in [7, 11) is 0. The molecule has 1 amide bonds. The predicted octanol–water partition coefficient (Wildman–Crippen LogP) is 3.39. The summed E-state index contributed by atoms with van der Waals surface area (Å²) in [5.74, 6) is 0.661. The Labute approximate surface area is 167 Å². The Balaban J connectivity index is 1.32. The Morgan fingerprint density at radius 3 is 2.76 bits per heavy atom. The molecule has 0 aliphatic carbocycles. The highest BCUT2D eigenvalue weighted by Gasteiger charge is 2.08. The maximum atomic E-state index is 12.3. The van der Waals surface area contributed by atoms with Gasteiger partial charge in [0.25, 0.3) is 5.56 Å². The van der Waals surface area contributed by atoms with E-state index in [9.17, 15) is 9.59 Å². The summed E-state index contributed by atoms with van der Waals surface area (Å²) >= 11 is 0. The molecule has 6 heteroatoms. The first-order valence-corrected chi connectivity index (χ1v) is 9.49. The second-order valence-electron chi connectivity index (χ2n) is 7.03. The molecule has 146 valence electrons. The average Bonchev–Trinajstić information content (AvgIpc) is 3.19. The lowest BCUT2D eigenvalue weighted by molar-refractivity contribution is -0.120. The summed E-state index contributed by atoms with van der Waals surface area (Å²) in [6, 6.07) is 19.1. The van der Waals surface area contributed by atoms with E-state index in [4.69, 9.17) is 4.52 Å². The van der Waals surface area contributed by atoms with Gasteiger partial charge in [-0.3, -0.25) is 9.59 Å². The Morgan fingerprint density at radius 1 is 1.10 bits per heavy atom. The minimum atomic E-state index is -0.0914. The number of carbonyl (C=O) groups excluding carboxylic acids is 1. The van der Waals surface area contributed by atoms with E-state index in [1.807, 2.05) is 60.7 Å². The van der Waals surface area contributed by atoms with Crippen molar-refractivity contribution in [2.45, 2.75) is 19.8 Å². The Hall–Kier alpha value is -3.67. The van der Waals surface area contributed by atoms with E-state index in [1.165, 1.54) is 0 Å². The molecule has 0 aliphatic rings. The van der Waals surface area contributed by atoms with Crippen LogP contribution >= 0.6 is 0 Å². The summed E-state index contributed by atoms with van der Waals surface area (Å²) < 4.78 is 5.37. The van der Waals surface area contributed by atoms with Crippen molar-refractivity contribution in [1.29, 1.82) is 0 Å². The van der Waals surface area contributed by atoms with Crippen LogP contribution < -0.4 is 10.9 Å². The molecule has 0 spiro atoms. The van der Waals surface area contributed by atoms with Crippen LogP contribution in [0.4, 0.5) is 0 Å². The number of aromatic nitrogens is 2. The fraction of sp³-hybridized carbons (Fsp3) is 0.174. The zero-order chi connectivity index (χ0) is 20.2. The minimum Gasteiger partial charge on any atom is -0.356 e. The highest BCUT2D eigenvalue weighted by molar-refractivity contribution is 5.83. The Morgan fingerprint density at radius 2 is 1.93 bits per heavy atom. The number of pyridine rings is 1. The highest BCUT2D eigenvalue weighted by Crippen LogP contribution is 2.19. The number of amides is 1. The van der Waals surface area contributed by atoms with Crippen molar-refractivity contribution in [1.82, 2.24) is 15.5 Å². The standard InChI is InChI=1S/C23H21N3O3/c1-15-11-18-12-16(7-8-20(18)25-23(15)28)13-22(27)24-10-9-19-14-21(29-26-19)17-5-3-2-4-6-17/h2-8,11-12,14H,9-10,13H2,1H3,(H,24,27)(H,25,28). The third kappa shape index (κ3) is 4.43. The van der Waals surface area contributed by atoms with Gasteiger partial charge < -0.3 is 14.8 Å². The van der Waals surface area contributed by atoms with Gasteiger partial charge in [0.1, 0.15) is 0 Å². The topological polar surface area (TPSA) is 88.0 Å². The van der Waals surface area contributed by atoms with E-state index >= 15 is 0 Å². The monoisotopic (exact) mass is 387 g/mol. The molecule has 0 bridgehead atoms. The van der Waals surface area contributed by atoms with Crippen molar-refractivity contribution in [3.8, 4) is 11.3 Å². The van der Waals surface area contributed by atoms with Crippen LogP contribution in [-0.2, 0) is 17.6 Å². The average molecular weight is 387 g/mol. The van der Waals surface area contributed by atoms with Crippen molar-refractivity contribution >= 4 is 16.8 Å². The maximum Gasteiger partial charge on any atom is 0.251 e. The predicted molar refractivity (Wildman–Crippen MR) is 112 cm³/mol. The first kappa shape index (κ1) is 18.7. The lowest BCUT2D eigenvalue weighted by Gasteiger charge is -2.06. The molecular weight excluding hydrogens is 366 g/mol. The zero-order valence-corrected chi connectivity index (χ0v) is 16.1. The van der Waals surface area contributed by atoms with E-state index in [2.05, 4.69) is 15.5 Å². The van der Waals surface area contributed by atoms with Gasteiger partial charge in [0.05, 0.1) is 12.1 Å². The van der Waals surface area contributed by atoms with Crippen molar-refractivity contribution in [2.24, 2.45) is 0 Å². The van der Waals surface area contributed by atoms with Gasteiger partial charge in [-0.2, -0.15) is 0 Å². The SMILES string of the molecule is Cc1cc2cc(CC(=O)NCCc3cc(-c4ccccc4)on3)ccc2[nH]c1=O. The number of hydrogen-bond acceptors (Lipinski definition) is 4. The number of hydrogen-bond donors (Lipinski definition) is 2. The third-order valence-corrected chi connectivity index (χ3v) is 4.78. The number of aryl methyl sites for hydroxylation is 1. The van der Waals surface area contributed by atoms with Gasteiger partial charge >= 0.3 is 0 Å². The Bertz CT molecular complexity index is 1210. The number of nitrogens with one attached hydrogen (secondary N) is 2. The van der Waals surface area contributed by atoms with Crippen LogP contribution in [0.3, 0.4) is 0 Å². The number of benzene rings is 2. The molecule has 4 rings (SSSR count). The highest BCUT2D eigenvalue weighted by atomic mass is 16.5. The van der Waals surface area contributed by atoms with E-state index < -0.39 is 0 Å². The van der Waals surface area contributed by atoms with Gasteiger partial charge in [0, 0.05) is 35.7 Å².